The van der Waals surface area contributed by atoms with Crippen LogP contribution in [0.25, 0.3) is 0 Å². The molecular weight excluding hydrogens is 248 g/mol. The van der Waals surface area contributed by atoms with Gasteiger partial charge in [-0.25, -0.2) is 9.59 Å². The molecule has 0 bridgehead atoms. The first-order chi connectivity index (χ1) is 9.01. The first kappa shape index (κ1) is 13.3. The first-order valence-electron chi connectivity index (χ1n) is 5.86. The van der Waals surface area contributed by atoms with Crippen molar-refractivity contribution in [2.45, 2.75) is 24.0 Å². The second-order valence-electron chi connectivity index (χ2n) is 4.47. The van der Waals surface area contributed by atoms with Crippen LogP contribution in [0.1, 0.15) is 12.8 Å². The van der Waals surface area contributed by atoms with Crippen LogP contribution in [0.2, 0.25) is 0 Å². The minimum Gasteiger partial charge on any atom is -0.479 e. The lowest BCUT2D eigenvalue weighted by atomic mass is 9.90. The Morgan fingerprint density at radius 3 is 1.53 bits per heavy atom. The van der Waals surface area contributed by atoms with E-state index in [9.17, 15) is 19.8 Å². The summed E-state index contributed by atoms with van der Waals surface area (Å²) in [5.74, 6) is -2.40. The Morgan fingerprint density at radius 1 is 0.842 bits per heavy atom. The monoisotopic (exact) mass is 262 g/mol. The molecule has 0 aromatic rings. The number of hydrogen-bond donors (Lipinski definition) is 2. The van der Waals surface area contributed by atoms with E-state index in [0.717, 1.165) is 0 Å². The minimum atomic E-state index is -1.64. The van der Waals surface area contributed by atoms with Crippen molar-refractivity contribution in [2.75, 3.05) is 0 Å². The molecule has 0 saturated heterocycles. The van der Waals surface area contributed by atoms with E-state index in [1.807, 2.05) is 0 Å². The molecule has 5 nitrogen and oxygen atoms in total. The van der Waals surface area contributed by atoms with Crippen LogP contribution >= 0.6 is 0 Å². The number of hydrogen-bond acceptors (Lipinski definition) is 3. The van der Waals surface area contributed by atoms with Crippen molar-refractivity contribution in [3.63, 3.8) is 0 Å². The molecule has 2 unspecified atom stereocenters. The van der Waals surface area contributed by atoms with Crippen LogP contribution in [0.4, 0.5) is 0 Å². The zero-order chi connectivity index (χ0) is 13.9. The Balaban J connectivity index is 2.35. The van der Waals surface area contributed by atoms with Crippen LogP contribution in [-0.4, -0.2) is 33.4 Å². The molecule has 2 N–H and O–H groups in total. The summed E-state index contributed by atoms with van der Waals surface area (Å²) in [6.45, 7) is 0. The van der Waals surface area contributed by atoms with E-state index >= 15 is 0 Å². The molecule has 5 heteroatoms. The van der Waals surface area contributed by atoms with Crippen LogP contribution in [-0.2, 0) is 14.3 Å². The van der Waals surface area contributed by atoms with Gasteiger partial charge in [-0.1, -0.05) is 36.5 Å². The van der Waals surface area contributed by atoms with Gasteiger partial charge in [-0.15, -0.1) is 0 Å². The number of allylic oxidation sites excluding steroid dienone is 4. The van der Waals surface area contributed by atoms with E-state index in [0.29, 0.717) is 0 Å². The van der Waals surface area contributed by atoms with E-state index in [4.69, 9.17) is 4.74 Å². The van der Waals surface area contributed by atoms with Crippen molar-refractivity contribution in [1.82, 2.24) is 0 Å². The van der Waals surface area contributed by atoms with Crippen LogP contribution in [0.3, 0.4) is 0 Å². The zero-order valence-corrected chi connectivity index (χ0v) is 10.2. The highest BCUT2D eigenvalue weighted by Crippen LogP contribution is 2.33. The summed E-state index contributed by atoms with van der Waals surface area (Å²) in [5, 5.41) is 18.7. The van der Waals surface area contributed by atoms with E-state index in [-0.39, 0.29) is 12.8 Å². The van der Waals surface area contributed by atoms with Gasteiger partial charge >= 0.3 is 11.9 Å². The summed E-state index contributed by atoms with van der Waals surface area (Å²) in [5.41, 5.74) is -3.27. The van der Waals surface area contributed by atoms with Crippen LogP contribution < -0.4 is 0 Å². The molecule has 0 aliphatic heterocycles. The molecule has 0 fully saturated rings. The first-order valence-corrected chi connectivity index (χ1v) is 5.86. The highest BCUT2D eigenvalue weighted by Gasteiger charge is 2.48. The topological polar surface area (TPSA) is 83.8 Å². The maximum Gasteiger partial charge on any atom is 0.340 e. The van der Waals surface area contributed by atoms with E-state index in [1.165, 1.54) is 12.2 Å². The summed E-state index contributed by atoms with van der Waals surface area (Å²) in [4.78, 5) is 22.9. The fourth-order valence-electron chi connectivity index (χ4n) is 2.08. The Bertz CT molecular complexity index is 468. The Kier molecular flexibility index (Phi) is 3.40. The van der Waals surface area contributed by atoms with Crippen molar-refractivity contribution in [2.24, 2.45) is 0 Å². The van der Waals surface area contributed by atoms with Gasteiger partial charge in [-0.2, -0.15) is 0 Å². The second kappa shape index (κ2) is 4.85. The maximum absolute atomic E-state index is 11.5. The van der Waals surface area contributed by atoms with Crippen molar-refractivity contribution >= 4 is 11.9 Å². The molecule has 0 radical (unpaired) electrons. The summed E-state index contributed by atoms with van der Waals surface area (Å²) < 4.78 is 5.56. The fourth-order valence-corrected chi connectivity index (χ4v) is 2.08. The molecular formula is C14H14O5. The normalized spacial score (nSPS) is 32.4. The van der Waals surface area contributed by atoms with E-state index < -0.39 is 23.1 Å². The smallest absolute Gasteiger partial charge is 0.340 e. The van der Waals surface area contributed by atoms with Gasteiger partial charge in [0.15, 0.2) is 11.2 Å². The molecule has 0 aromatic carbocycles. The lowest BCUT2D eigenvalue weighted by Gasteiger charge is -2.36. The SMILES string of the molecule is O=C(O)C1(OC2(C(=O)O)C=CC=CC2)C=CC=CC1. The lowest BCUT2D eigenvalue weighted by molar-refractivity contribution is -0.187. The standard InChI is InChI=1S/C14H14O5/c15-11(16)13(7-3-1-4-8-13)19-14(12(17)18)9-5-2-6-10-14/h1-7,9H,8,10H2,(H,15,16)(H,17,18). The van der Waals surface area contributed by atoms with Gasteiger partial charge in [0.05, 0.1) is 0 Å². The molecule has 0 aromatic heterocycles. The average Bonchev–Trinajstić information content (AvgIpc) is 2.40. The Morgan fingerprint density at radius 2 is 1.26 bits per heavy atom. The molecule has 2 atom stereocenters. The van der Waals surface area contributed by atoms with Gasteiger partial charge in [0.1, 0.15) is 0 Å². The largest absolute Gasteiger partial charge is 0.479 e. The molecule has 0 spiro atoms. The third kappa shape index (κ3) is 2.37. The Labute approximate surface area is 110 Å². The number of carbonyl (C=O) groups is 2. The van der Waals surface area contributed by atoms with Crippen molar-refractivity contribution < 1.29 is 24.5 Å². The van der Waals surface area contributed by atoms with Gasteiger partial charge in [0.25, 0.3) is 0 Å². The number of aliphatic carboxylic acids is 2. The maximum atomic E-state index is 11.5. The fraction of sp³-hybridized carbons (Fsp3) is 0.286. The van der Waals surface area contributed by atoms with Crippen LogP contribution in [0, 0.1) is 0 Å². The summed E-state index contributed by atoms with van der Waals surface area (Å²) >= 11 is 0. The third-order valence-corrected chi connectivity index (χ3v) is 3.16. The zero-order valence-electron chi connectivity index (χ0n) is 10.2. The molecule has 2 aliphatic carbocycles. The average molecular weight is 262 g/mol. The van der Waals surface area contributed by atoms with E-state index in [2.05, 4.69) is 0 Å². The van der Waals surface area contributed by atoms with Gasteiger partial charge in [-0.05, 0) is 12.2 Å². The summed E-state index contributed by atoms with van der Waals surface area (Å²) in [6, 6.07) is 0. The number of carboxylic acid groups (broad SMARTS) is 2. The second-order valence-corrected chi connectivity index (χ2v) is 4.47. The molecule has 0 amide bonds. The van der Waals surface area contributed by atoms with Crippen molar-refractivity contribution in [3.05, 3.63) is 48.6 Å². The number of carboxylic acids is 2. The van der Waals surface area contributed by atoms with Crippen molar-refractivity contribution in [3.8, 4) is 0 Å². The highest BCUT2D eigenvalue weighted by atomic mass is 16.6. The molecule has 2 rings (SSSR count). The third-order valence-electron chi connectivity index (χ3n) is 3.16. The highest BCUT2D eigenvalue weighted by molar-refractivity contribution is 5.85. The molecule has 0 saturated carbocycles. The molecule has 2 aliphatic rings. The van der Waals surface area contributed by atoms with Gasteiger partial charge < -0.3 is 14.9 Å². The summed E-state index contributed by atoms with van der Waals surface area (Å²) in [6.07, 6.45) is 12.8. The molecule has 100 valence electrons. The Hall–Kier alpha value is -2.14. The number of rotatable bonds is 4. The minimum absolute atomic E-state index is 0.103. The van der Waals surface area contributed by atoms with Crippen molar-refractivity contribution in [1.29, 1.82) is 0 Å². The summed E-state index contributed by atoms with van der Waals surface area (Å²) in [7, 11) is 0. The quantitative estimate of drug-likeness (QED) is 0.805. The van der Waals surface area contributed by atoms with E-state index in [1.54, 1.807) is 36.5 Å². The van der Waals surface area contributed by atoms with Gasteiger partial charge in [-0.3, -0.25) is 0 Å². The predicted molar refractivity (Wildman–Crippen MR) is 67.6 cm³/mol. The number of ether oxygens (including phenoxy) is 1. The lowest BCUT2D eigenvalue weighted by Crippen LogP contribution is -2.52. The van der Waals surface area contributed by atoms with Crippen LogP contribution in [0.5, 0.6) is 0 Å². The molecule has 19 heavy (non-hydrogen) atoms. The van der Waals surface area contributed by atoms with Gasteiger partial charge in [0, 0.05) is 12.8 Å². The molecule has 0 heterocycles. The van der Waals surface area contributed by atoms with Gasteiger partial charge in [0.2, 0.25) is 0 Å². The van der Waals surface area contributed by atoms with Crippen LogP contribution in [0.15, 0.2) is 48.6 Å². The predicted octanol–water partition coefficient (Wildman–Crippen LogP) is 1.68.